The van der Waals surface area contributed by atoms with Crippen molar-refractivity contribution in [3.63, 3.8) is 0 Å². The maximum Gasteiger partial charge on any atom is 0.294 e. The number of thioether (sulfide) groups is 1. The van der Waals surface area contributed by atoms with Gasteiger partial charge in [0.05, 0.1) is 27.2 Å². The molecule has 7 nitrogen and oxygen atoms in total. The van der Waals surface area contributed by atoms with Crippen molar-refractivity contribution in [2.75, 3.05) is 19.0 Å². The van der Waals surface area contributed by atoms with Crippen molar-refractivity contribution in [1.29, 1.82) is 0 Å². The van der Waals surface area contributed by atoms with Crippen LogP contribution in [0.4, 0.5) is 10.5 Å². The Labute approximate surface area is 225 Å². The Morgan fingerprint density at radius 2 is 1.83 bits per heavy atom. The van der Waals surface area contributed by atoms with Crippen LogP contribution in [0.5, 0.6) is 11.5 Å². The lowest BCUT2D eigenvalue weighted by atomic mass is 10.1. The highest BCUT2D eigenvalue weighted by Gasteiger charge is 2.36. The monoisotopic (exact) mass is 586 g/mol. The van der Waals surface area contributed by atoms with Gasteiger partial charge in [-0.25, -0.2) is 0 Å². The summed E-state index contributed by atoms with van der Waals surface area (Å²) < 4.78 is 12.1. The molecule has 0 unspecified atom stereocenters. The van der Waals surface area contributed by atoms with Gasteiger partial charge in [0.25, 0.3) is 11.1 Å². The van der Waals surface area contributed by atoms with Crippen molar-refractivity contribution in [2.24, 2.45) is 0 Å². The van der Waals surface area contributed by atoms with Crippen LogP contribution in [0.25, 0.3) is 6.08 Å². The number of para-hydroxylation sites is 1. The number of ether oxygens (including phenoxy) is 2. The highest BCUT2D eigenvalue weighted by molar-refractivity contribution is 9.10. The molecule has 0 aliphatic carbocycles. The van der Waals surface area contributed by atoms with Crippen LogP contribution in [0.1, 0.15) is 11.1 Å². The molecular formula is C26H20BrClN2O5S. The van der Waals surface area contributed by atoms with E-state index in [1.807, 2.05) is 30.3 Å². The number of carbonyl (C=O) groups excluding carboxylic acids is 3. The number of amides is 3. The van der Waals surface area contributed by atoms with Crippen molar-refractivity contribution in [1.82, 2.24) is 4.90 Å². The van der Waals surface area contributed by atoms with Gasteiger partial charge < -0.3 is 14.8 Å². The molecule has 4 rings (SSSR count). The van der Waals surface area contributed by atoms with Gasteiger partial charge in [-0.2, -0.15) is 0 Å². The molecule has 3 aromatic carbocycles. The minimum atomic E-state index is -0.557. The topological polar surface area (TPSA) is 84.9 Å². The Morgan fingerprint density at radius 1 is 1.11 bits per heavy atom. The van der Waals surface area contributed by atoms with E-state index in [1.54, 1.807) is 42.5 Å². The first-order valence-corrected chi connectivity index (χ1v) is 12.7. The largest absolute Gasteiger partial charge is 0.493 e. The normalized spacial score (nSPS) is 14.3. The summed E-state index contributed by atoms with van der Waals surface area (Å²) in [5.74, 6) is -0.109. The van der Waals surface area contributed by atoms with Gasteiger partial charge in [-0.05, 0) is 69.2 Å². The smallest absolute Gasteiger partial charge is 0.294 e. The van der Waals surface area contributed by atoms with Crippen molar-refractivity contribution >= 4 is 68.1 Å². The summed E-state index contributed by atoms with van der Waals surface area (Å²) in [5, 5.41) is 2.44. The molecule has 36 heavy (non-hydrogen) atoms. The van der Waals surface area contributed by atoms with Crippen LogP contribution in [0.3, 0.4) is 0 Å². The lowest BCUT2D eigenvalue weighted by Gasteiger charge is -2.14. The highest BCUT2D eigenvalue weighted by Crippen LogP contribution is 2.39. The number of methoxy groups -OCH3 is 1. The van der Waals surface area contributed by atoms with Gasteiger partial charge in [0.2, 0.25) is 5.91 Å². The average Bonchev–Trinajstić information content (AvgIpc) is 3.12. The summed E-state index contributed by atoms with van der Waals surface area (Å²) in [6.07, 6.45) is 1.57. The molecule has 0 radical (unpaired) electrons. The first-order valence-electron chi connectivity index (χ1n) is 10.7. The number of anilines is 1. The van der Waals surface area contributed by atoms with Crippen LogP contribution in [0.15, 0.2) is 76.1 Å². The second-order valence-corrected chi connectivity index (χ2v) is 9.86. The molecule has 1 heterocycles. The Hall–Kier alpha value is -3.27. The van der Waals surface area contributed by atoms with Crippen LogP contribution in [0.2, 0.25) is 5.02 Å². The molecule has 1 aliphatic heterocycles. The van der Waals surface area contributed by atoms with E-state index >= 15 is 0 Å². The number of rotatable bonds is 8. The first kappa shape index (κ1) is 25.8. The zero-order valence-electron chi connectivity index (χ0n) is 19.0. The molecule has 1 fully saturated rings. The zero-order chi connectivity index (χ0) is 25.7. The number of imide groups is 1. The van der Waals surface area contributed by atoms with Gasteiger partial charge in [0.1, 0.15) is 13.2 Å². The van der Waals surface area contributed by atoms with E-state index in [2.05, 4.69) is 21.2 Å². The number of hydrogen-bond donors (Lipinski definition) is 1. The van der Waals surface area contributed by atoms with E-state index in [0.29, 0.717) is 38.9 Å². The minimum Gasteiger partial charge on any atom is -0.493 e. The fourth-order valence-electron chi connectivity index (χ4n) is 3.38. The predicted octanol–water partition coefficient (Wildman–Crippen LogP) is 6.37. The number of nitrogens with zero attached hydrogens (tertiary/aromatic N) is 1. The summed E-state index contributed by atoms with van der Waals surface area (Å²) in [6, 6.07) is 19.9. The highest BCUT2D eigenvalue weighted by atomic mass is 79.9. The van der Waals surface area contributed by atoms with E-state index in [0.717, 1.165) is 22.2 Å². The van der Waals surface area contributed by atoms with Crippen LogP contribution in [-0.4, -0.2) is 35.6 Å². The Kier molecular flexibility index (Phi) is 8.35. The van der Waals surface area contributed by atoms with Crippen molar-refractivity contribution in [3.05, 3.63) is 92.3 Å². The molecule has 10 heteroatoms. The SMILES string of the molecule is COc1cc(/C=C2/SC(=O)N(CC(=O)Nc3ccccc3Cl)C2=O)cc(Br)c1OCc1ccccc1. The molecular weight excluding hydrogens is 568 g/mol. The molecule has 1 N–H and O–H groups in total. The lowest BCUT2D eigenvalue weighted by Crippen LogP contribution is -2.36. The van der Waals surface area contributed by atoms with Gasteiger partial charge in [0.15, 0.2) is 11.5 Å². The number of nitrogens with one attached hydrogen (secondary N) is 1. The van der Waals surface area contributed by atoms with Crippen molar-refractivity contribution in [3.8, 4) is 11.5 Å². The van der Waals surface area contributed by atoms with E-state index in [4.69, 9.17) is 21.1 Å². The molecule has 0 spiro atoms. The van der Waals surface area contributed by atoms with Crippen molar-refractivity contribution in [2.45, 2.75) is 6.61 Å². The van der Waals surface area contributed by atoms with Gasteiger partial charge in [-0.15, -0.1) is 0 Å². The number of carbonyl (C=O) groups is 3. The first-order chi connectivity index (χ1) is 17.4. The fourth-order valence-corrected chi connectivity index (χ4v) is 4.97. The Morgan fingerprint density at radius 3 is 2.56 bits per heavy atom. The summed E-state index contributed by atoms with van der Waals surface area (Å²) in [4.78, 5) is 38.9. The number of benzene rings is 3. The standard InChI is InChI=1S/C26H20BrClN2O5S/c1-34-21-12-17(11-18(27)24(21)35-15-16-7-3-2-4-8-16)13-22-25(32)30(26(33)36-22)14-23(31)29-20-10-6-5-9-19(20)28/h2-13H,14-15H2,1H3,(H,29,31)/b22-13+. The van der Waals surface area contributed by atoms with Crippen LogP contribution < -0.4 is 14.8 Å². The third-order valence-electron chi connectivity index (χ3n) is 5.10. The Bertz CT molecular complexity index is 1350. The summed E-state index contributed by atoms with van der Waals surface area (Å²) >= 11 is 10.3. The molecule has 184 valence electrons. The third-order valence-corrected chi connectivity index (χ3v) is 6.92. The number of halogens is 2. The van der Waals surface area contributed by atoms with Crippen LogP contribution in [-0.2, 0) is 16.2 Å². The second-order valence-electron chi connectivity index (χ2n) is 7.60. The van der Waals surface area contributed by atoms with Gasteiger partial charge in [-0.1, -0.05) is 54.1 Å². The van der Waals surface area contributed by atoms with E-state index in [-0.39, 0.29) is 4.91 Å². The molecule has 1 aliphatic rings. The van der Waals surface area contributed by atoms with E-state index in [1.165, 1.54) is 7.11 Å². The molecule has 0 atom stereocenters. The maximum absolute atomic E-state index is 12.9. The molecule has 0 bridgehead atoms. The molecule has 0 saturated carbocycles. The molecule has 0 aromatic heterocycles. The van der Waals surface area contributed by atoms with Gasteiger partial charge in [0, 0.05) is 0 Å². The average molecular weight is 588 g/mol. The minimum absolute atomic E-state index is 0.192. The lowest BCUT2D eigenvalue weighted by molar-refractivity contribution is -0.127. The summed E-state index contributed by atoms with van der Waals surface area (Å²) in [6.45, 7) is -0.0726. The second kappa shape index (κ2) is 11.6. The van der Waals surface area contributed by atoms with E-state index in [9.17, 15) is 14.4 Å². The van der Waals surface area contributed by atoms with Gasteiger partial charge in [-0.3, -0.25) is 19.3 Å². The Balaban J connectivity index is 1.47. The predicted molar refractivity (Wildman–Crippen MR) is 144 cm³/mol. The molecule has 3 amide bonds. The summed E-state index contributed by atoms with van der Waals surface area (Å²) in [5.41, 5.74) is 2.03. The van der Waals surface area contributed by atoms with E-state index < -0.39 is 23.6 Å². The van der Waals surface area contributed by atoms with Crippen molar-refractivity contribution < 1.29 is 23.9 Å². The quantitative estimate of drug-likeness (QED) is 0.309. The van der Waals surface area contributed by atoms with Gasteiger partial charge >= 0.3 is 0 Å². The molecule has 3 aromatic rings. The number of hydrogen-bond acceptors (Lipinski definition) is 6. The fraction of sp³-hybridized carbons (Fsp3) is 0.115. The zero-order valence-corrected chi connectivity index (χ0v) is 22.2. The summed E-state index contributed by atoms with van der Waals surface area (Å²) in [7, 11) is 1.52. The molecule has 1 saturated heterocycles. The van der Waals surface area contributed by atoms with Crippen LogP contribution in [0, 0.1) is 0 Å². The third kappa shape index (κ3) is 6.10. The maximum atomic E-state index is 12.9. The van der Waals surface area contributed by atoms with Crippen LogP contribution >= 0.6 is 39.3 Å².